The van der Waals surface area contributed by atoms with Gasteiger partial charge in [0.25, 0.3) is 0 Å². The molecule has 0 atom stereocenters. The molecule has 1 aliphatic rings. The summed E-state index contributed by atoms with van der Waals surface area (Å²) < 4.78 is 26.6. The maximum Gasteiger partial charge on any atom is 0.410 e. The van der Waals surface area contributed by atoms with Crippen LogP contribution in [-0.2, 0) is 15.0 Å². The Balaban J connectivity index is 2.68. The Morgan fingerprint density at radius 2 is 2.06 bits per heavy atom. The van der Waals surface area contributed by atoms with Crippen molar-refractivity contribution in [3.63, 3.8) is 0 Å². The van der Waals surface area contributed by atoms with E-state index in [4.69, 9.17) is 4.74 Å². The zero-order valence-corrected chi connectivity index (χ0v) is 10.4. The van der Waals surface area contributed by atoms with Gasteiger partial charge in [-0.2, -0.15) is 8.42 Å². The van der Waals surface area contributed by atoms with Crippen molar-refractivity contribution in [2.75, 3.05) is 19.6 Å². The summed E-state index contributed by atoms with van der Waals surface area (Å²) in [5, 5.41) is 2.72. The van der Waals surface area contributed by atoms with Crippen LogP contribution in [0.2, 0.25) is 0 Å². The number of ether oxygens (including phenoxy) is 1. The molecule has 1 aliphatic heterocycles. The molecule has 0 bridgehead atoms. The van der Waals surface area contributed by atoms with E-state index in [2.05, 4.69) is 5.32 Å². The molecule has 0 aromatic rings. The Hall–Kier alpha value is -1.08. The maximum atomic E-state index is 11.6. The second-order valence-corrected chi connectivity index (χ2v) is 5.45. The van der Waals surface area contributed by atoms with Crippen molar-refractivity contribution >= 4 is 21.4 Å². The summed E-state index contributed by atoms with van der Waals surface area (Å²) in [5.74, 6) is 0. The zero-order valence-electron chi connectivity index (χ0n) is 9.61. The number of hydrogen-bond donors (Lipinski definition) is 1. The number of hydrogen-bond acceptors (Lipinski definition) is 4. The minimum Gasteiger partial charge on any atom is -0.444 e. The fourth-order valence-electron chi connectivity index (χ4n) is 1.23. The molecule has 7 heteroatoms. The topological polar surface area (TPSA) is 75.7 Å². The second-order valence-electron chi connectivity index (χ2n) is 4.49. The van der Waals surface area contributed by atoms with Crippen LogP contribution in [0.3, 0.4) is 0 Å². The van der Waals surface area contributed by atoms with Crippen molar-refractivity contribution in [1.29, 1.82) is 0 Å². The van der Waals surface area contributed by atoms with Gasteiger partial charge in [0, 0.05) is 13.1 Å². The van der Waals surface area contributed by atoms with Crippen molar-refractivity contribution in [2.45, 2.75) is 26.4 Å². The normalized spacial score (nSPS) is 17.2. The average Bonchev–Trinajstić information content (AvgIpc) is 2.15. The van der Waals surface area contributed by atoms with E-state index >= 15 is 0 Å². The molecule has 1 amide bonds. The van der Waals surface area contributed by atoms with E-state index < -0.39 is 22.0 Å². The van der Waals surface area contributed by atoms with Gasteiger partial charge in [0.1, 0.15) is 10.6 Å². The van der Waals surface area contributed by atoms with E-state index in [9.17, 15) is 13.2 Å². The van der Waals surface area contributed by atoms with Gasteiger partial charge in [-0.3, -0.25) is 5.32 Å². The van der Waals surface area contributed by atoms with Gasteiger partial charge in [-0.05, 0) is 20.8 Å². The third-order valence-electron chi connectivity index (χ3n) is 1.89. The summed E-state index contributed by atoms with van der Waals surface area (Å²) in [6.45, 7) is 6.21. The molecular weight excluding hydrogens is 232 g/mol. The van der Waals surface area contributed by atoms with Crippen LogP contribution >= 0.6 is 0 Å². The lowest BCUT2D eigenvalue weighted by atomic mass is 10.2. The van der Waals surface area contributed by atoms with Crippen LogP contribution < -0.4 is 5.32 Å². The molecule has 0 aromatic carbocycles. The minimum absolute atomic E-state index is 0.0467. The van der Waals surface area contributed by atoms with E-state index in [0.717, 1.165) is 0 Å². The number of rotatable bonds is 0. The Morgan fingerprint density at radius 1 is 1.44 bits per heavy atom. The molecule has 1 rings (SSSR count). The highest BCUT2D eigenvalue weighted by Crippen LogP contribution is 2.10. The standard InChI is InChI=1S/C9H16N2O4S/c1-9(2,3)15-8(12)11-5-4-10-7(6-11)16(13)14/h10H,4-6H2,1-3H3. The van der Waals surface area contributed by atoms with Crippen molar-refractivity contribution in [3.8, 4) is 0 Å². The van der Waals surface area contributed by atoms with Gasteiger partial charge in [0.15, 0.2) is 0 Å². The lowest BCUT2D eigenvalue weighted by molar-refractivity contribution is 0.0272. The molecule has 0 saturated carbocycles. The van der Waals surface area contributed by atoms with Crippen molar-refractivity contribution in [3.05, 3.63) is 0 Å². The second kappa shape index (κ2) is 4.84. The molecule has 1 N–H and O–H groups in total. The van der Waals surface area contributed by atoms with Crippen LogP contribution in [0.25, 0.3) is 0 Å². The summed E-state index contributed by atoms with van der Waals surface area (Å²) >= 11 is 0. The quantitative estimate of drug-likeness (QED) is 0.603. The van der Waals surface area contributed by atoms with E-state index in [0.29, 0.717) is 13.1 Å². The highest BCUT2D eigenvalue weighted by Gasteiger charge is 2.25. The predicted molar refractivity (Wildman–Crippen MR) is 59.7 cm³/mol. The van der Waals surface area contributed by atoms with Gasteiger partial charge in [0.05, 0.1) is 6.54 Å². The molecule has 1 saturated heterocycles. The monoisotopic (exact) mass is 248 g/mol. The summed E-state index contributed by atoms with van der Waals surface area (Å²) in [4.78, 5) is 13.1. The van der Waals surface area contributed by atoms with Gasteiger partial charge >= 0.3 is 6.09 Å². The molecule has 0 aromatic heterocycles. The van der Waals surface area contributed by atoms with Crippen LogP contribution in [0.4, 0.5) is 4.79 Å². The summed E-state index contributed by atoms with van der Waals surface area (Å²) in [7, 11) is -2.31. The van der Waals surface area contributed by atoms with Crippen LogP contribution in [0.15, 0.2) is 0 Å². The number of carbonyl (C=O) groups excluding carboxylic acids is 1. The molecule has 0 radical (unpaired) electrons. The highest BCUT2D eigenvalue weighted by molar-refractivity contribution is 7.72. The third kappa shape index (κ3) is 3.82. The Morgan fingerprint density at radius 3 is 2.56 bits per heavy atom. The van der Waals surface area contributed by atoms with Crippen LogP contribution in [0.5, 0.6) is 0 Å². The molecule has 1 fully saturated rings. The molecule has 92 valence electrons. The largest absolute Gasteiger partial charge is 0.444 e. The first kappa shape index (κ1) is 13.0. The van der Waals surface area contributed by atoms with E-state index in [1.165, 1.54) is 4.90 Å². The van der Waals surface area contributed by atoms with Crippen LogP contribution in [0.1, 0.15) is 20.8 Å². The highest BCUT2D eigenvalue weighted by atomic mass is 32.2. The summed E-state index contributed by atoms with van der Waals surface area (Å²) in [6.07, 6.45) is -0.489. The van der Waals surface area contributed by atoms with Crippen LogP contribution in [-0.4, -0.2) is 49.6 Å². The molecule has 0 spiro atoms. The maximum absolute atomic E-state index is 11.6. The predicted octanol–water partition coefficient (Wildman–Crippen LogP) is -0.164. The minimum atomic E-state index is -2.31. The first-order chi connectivity index (χ1) is 7.29. The lowest BCUT2D eigenvalue weighted by Gasteiger charge is -2.30. The average molecular weight is 248 g/mol. The third-order valence-corrected chi connectivity index (χ3v) is 2.57. The van der Waals surface area contributed by atoms with E-state index in [-0.39, 0.29) is 11.5 Å². The van der Waals surface area contributed by atoms with Gasteiger partial charge < -0.3 is 9.64 Å². The van der Waals surface area contributed by atoms with Crippen molar-refractivity contribution in [1.82, 2.24) is 10.2 Å². The van der Waals surface area contributed by atoms with Gasteiger partial charge in [0.2, 0.25) is 10.3 Å². The van der Waals surface area contributed by atoms with E-state index in [1.54, 1.807) is 20.8 Å². The SMILES string of the molecule is CC(C)(C)OC(=O)N1CCNC(=S(=O)=O)C1. The van der Waals surface area contributed by atoms with E-state index in [1.807, 2.05) is 0 Å². The fourth-order valence-corrected chi connectivity index (χ4v) is 1.71. The molecule has 1 heterocycles. The Kier molecular flexibility index (Phi) is 3.93. The number of nitrogens with zero attached hydrogens (tertiary/aromatic N) is 1. The van der Waals surface area contributed by atoms with Crippen molar-refractivity contribution in [2.24, 2.45) is 0 Å². The Labute approximate surface area is 96.1 Å². The van der Waals surface area contributed by atoms with Gasteiger partial charge in [-0.1, -0.05) is 0 Å². The molecular formula is C9H16N2O4S. The number of amides is 1. The summed E-state index contributed by atoms with van der Waals surface area (Å²) in [6, 6.07) is 0. The number of piperazine rings is 1. The van der Waals surface area contributed by atoms with Crippen LogP contribution in [0, 0.1) is 0 Å². The molecule has 0 unspecified atom stereocenters. The first-order valence-electron chi connectivity index (χ1n) is 4.96. The zero-order chi connectivity index (χ0) is 12.3. The summed E-state index contributed by atoms with van der Waals surface area (Å²) in [5.41, 5.74) is -0.571. The number of nitrogens with one attached hydrogen (secondary N) is 1. The molecule has 16 heavy (non-hydrogen) atoms. The molecule has 0 aliphatic carbocycles. The first-order valence-corrected chi connectivity index (χ1v) is 6.04. The fraction of sp³-hybridized carbons (Fsp3) is 0.778. The van der Waals surface area contributed by atoms with Gasteiger partial charge in [-0.25, -0.2) is 4.79 Å². The smallest absolute Gasteiger partial charge is 0.410 e. The molecule has 6 nitrogen and oxygen atoms in total. The van der Waals surface area contributed by atoms with Gasteiger partial charge in [-0.15, -0.1) is 0 Å². The number of carbonyl (C=O) groups is 1. The lowest BCUT2D eigenvalue weighted by Crippen LogP contribution is -2.51. The van der Waals surface area contributed by atoms with Crippen molar-refractivity contribution < 1.29 is 17.9 Å². The Bertz CT molecular complexity index is 400.